The van der Waals surface area contributed by atoms with Gasteiger partial charge in [-0.2, -0.15) is 0 Å². The fourth-order valence-electron chi connectivity index (χ4n) is 1.33. The number of rotatable bonds is 4. The lowest BCUT2D eigenvalue weighted by Crippen LogP contribution is -2.29. The topological polar surface area (TPSA) is 69.4 Å². The van der Waals surface area contributed by atoms with Crippen molar-refractivity contribution in [2.24, 2.45) is 0 Å². The first-order chi connectivity index (χ1) is 8.30. The van der Waals surface area contributed by atoms with Crippen LogP contribution < -0.4 is 0 Å². The van der Waals surface area contributed by atoms with Crippen LogP contribution in [0.15, 0.2) is 18.2 Å². The molecule has 0 saturated carbocycles. The molecule has 0 heterocycles. The van der Waals surface area contributed by atoms with Crippen LogP contribution in [0.5, 0.6) is 0 Å². The summed E-state index contributed by atoms with van der Waals surface area (Å²) in [5, 5.41) is 10.6. The Morgan fingerprint density at radius 2 is 2.22 bits per heavy atom. The Morgan fingerprint density at radius 1 is 1.61 bits per heavy atom. The van der Waals surface area contributed by atoms with Crippen LogP contribution in [0.3, 0.4) is 0 Å². The number of benzene rings is 1. The third-order valence-corrected chi connectivity index (χ3v) is 3.21. The molecular weight excluding hydrogens is 356 g/mol. The molecule has 1 unspecified atom stereocenters. The zero-order valence-electron chi connectivity index (χ0n) is 9.78. The minimum Gasteiger partial charge on any atom is -0.463 e. The Labute approximate surface area is 117 Å². The molecule has 98 valence electrons. The molecule has 7 heteroatoms. The van der Waals surface area contributed by atoms with Gasteiger partial charge in [-0.1, -0.05) is 0 Å². The van der Waals surface area contributed by atoms with Crippen LogP contribution in [0.2, 0.25) is 0 Å². The fourth-order valence-corrected chi connectivity index (χ4v) is 2.04. The molecule has 0 amide bonds. The van der Waals surface area contributed by atoms with Crippen LogP contribution >= 0.6 is 22.6 Å². The predicted octanol–water partition coefficient (Wildman–Crippen LogP) is 2.95. The summed E-state index contributed by atoms with van der Waals surface area (Å²) in [4.78, 5) is 21.5. The highest BCUT2D eigenvalue weighted by Gasteiger charge is 2.37. The maximum atomic E-state index is 14.3. The number of hydrogen-bond acceptors (Lipinski definition) is 4. The number of esters is 1. The van der Waals surface area contributed by atoms with E-state index in [1.165, 1.54) is 18.2 Å². The number of nitrogens with zero attached hydrogens (tertiary/aromatic N) is 1. The lowest BCUT2D eigenvalue weighted by Gasteiger charge is -2.18. The third-order valence-electron chi connectivity index (χ3n) is 2.35. The largest absolute Gasteiger partial charge is 0.463 e. The van der Waals surface area contributed by atoms with Crippen molar-refractivity contribution >= 4 is 34.2 Å². The summed E-state index contributed by atoms with van der Waals surface area (Å²) < 4.78 is 19.2. The van der Waals surface area contributed by atoms with E-state index in [9.17, 15) is 19.3 Å². The van der Waals surface area contributed by atoms with E-state index in [1.807, 2.05) is 0 Å². The maximum absolute atomic E-state index is 14.3. The molecule has 0 saturated heterocycles. The van der Waals surface area contributed by atoms with Crippen LogP contribution in [0, 0.1) is 13.7 Å². The number of ether oxygens (including phenoxy) is 1. The summed E-state index contributed by atoms with van der Waals surface area (Å²) in [5.74, 6) is -1.00. The second kappa shape index (κ2) is 5.59. The smallest absolute Gasteiger partial charge is 0.348 e. The Balaban J connectivity index is 3.14. The molecule has 0 aliphatic rings. The van der Waals surface area contributed by atoms with Gasteiger partial charge in [-0.25, -0.2) is 9.18 Å². The number of hydrogen-bond donors (Lipinski definition) is 0. The number of alkyl halides is 1. The van der Waals surface area contributed by atoms with Crippen LogP contribution in [0.25, 0.3) is 0 Å². The molecule has 0 spiro atoms. The normalized spacial score (nSPS) is 13.8. The van der Waals surface area contributed by atoms with Crippen LogP contribution in [0.4, 0.5) is 10.1 Å². The average Bonchev–Trinajstić information content (AvgIpc) is 2.28. The van der Waals surface area contributed by atoms with E-state index >= 15 is 0 Å². The number of halogens is 2. The molecule has 0 N–H and O–H groups in total. The Morgan fingerprint density at radius 3 is 2.67 bits per heavy atom. The zero-order chi connectivity index (χ0) is 13.9. The van der Waals surface area contributed by atoms with Crippen LogP contribution in [0.1, 0.15) is 19.4 Å². The number of carbonyl (C=O) groups excluding carboxylic acids is 1. The average molecular weight is 367 g/mol. The van der Waals surface area contributed by atoms with Crippen molar-refractivity contribution in [3.8, 4) is 0 Å². The predicted molar refractivity (Wildman–Crippen MR) is 70.9 cm³/mol. The van der Waals surface area contributed by atoms with Crippen molar-refractivity contribution in [2.45, 2.75) is 19.5 Å². The van der Waals surface area contributed by atoms with Gasteiger partial charge in [0, 0.05) is 11.6 Å². The van der Waals surface area contributed by atoms with E-state index in [0.717, 1.165) is 6.92 Å². The van der Waals surface area contributed by atoms with Crippen molar-refractivity contribution < 1.29 is 18.8 Å². The van der Waals surface area contributed by atoms with E-state index in [4.69, 9.17) is 0 Å². The molecule has 0 aliphatic carbocycles. The van der Waals surface area contributed by atoms with Crippen molar-refractivity contribution in [1.29, 1.82) is 0 Å². The summed E-state index contributed by atoms with van der Waals surface area (Å²) in [6, 6.07) is 3.67. The molecule has 18 heavy (non-hydrogen) atoms. The number of nitro benzene ring substituents is 1. The van der Waals surface area contributed by atoms with Gasteiger partial charge in [0.05, 0.1) is 15.1 Å². The molecule has 1 rings (SSSR count). The highest BCUT2D eigenvalue weighted by molar-refractivity contribution is 14.1. The van der Waals surface area contributed by atoms with Crippen molar-refractivity contribution in [3.05, 3.63) is 37.4 Å². The lowest BCUT2D eigenvalue weighted by atomic mass is 9.98. The monoisotopic (exact) mass is 367 g/mol. The van der Waals surface area contributed by atoms with Gasteiger partial charge in [0.2, 0.25) is 5.67 Å². The first-order valence-electron chi connectivity index (χ1n) is 5.11. The number of carbonyl (C=O) groups is 1. The maximum Gasteiger partial charge on any atom is 0.348 e. The summed E-state index contributed by atoms with van der Waals surface area (Å²) >= 11 is 1.73. The summed E-state index contributed by atoms with van der Waals surface area (Å²) in [6.07, 6.45) is 0. The van der Waals surface area contributed by atoms with Gasteiger partial charge in [0.1, 0.15) is 0 Å². The summed E-state index contributed by atoms with van der Waals surface area (Å²) in [6.45, 7) is 2.72. The third kappa shape index (κ3) is 2.95. The van der Waals surface area contributed by atoms with Crippen LogP contribution in [-0.2, 0) is 15.2 Å². The Bertz CT molecular complexity index is 490. The molecule has 1 aromatic carbocycles. The molecule has 0 radical (unpaired) electrons. The van der Waals surface area contributed by atoms with E-state index in [0.29, 0.717) is 0 Å². The molecule has 0 fully saturated rings. The molecular formula is C11H11FINO4. The minimum absolute atomic E-state index is 0.0379. The molecule has 1 atom stereocenters. The standard InChI is InChI=1S/C11H11FINO4/c1-3-18-10(15)11(2,12)7-4-5-9(14(16)17)8(13)6-7/h4-6H,3H2,1-2H3. The minimum atomic E-state index is -2.31. The van der Waals surface area contributed by atoms with Crippen molar-refractivity contribution in [1.82, 2.24) is 0 Å². The van der Waals surface area contributed by atoms with E-state index < -0.39 is 16.6 Å². The van der Waals surface area contributed by atoms with Crippen molar-refractivity contribution in [2.75, 3.05) is 6.61 Å². The van der Waals surface area contributed by atoms with E-state index in [1.54, 1.807) is 29.5 Å². The van der Waals surface area contributed by atoms with Gasteiger partial charge in [-0.05, 0) is 48.6 Å². The van der Waals surface area contributed by atoms with E-state index in [2.05, 4.69) is 4.74 Å². The first kappa shape index (κ1) is 14.8. The quantitative estimate of drug-likeness (QED) is 0.355. The van der Waals surface area contributed by atoms with Gasteiger partial charge in [-0.3, -0.25) is 10.1 Å². The number of nitro groups is 1. The Kier molecular flexibility index (Phi) is 4.60. The highest BCUT2D eigenvalue weighted by atomic mass is 127. The Hall–Kier alpha value is -1.25. The molecule has 0 aliphatic heterocycles. The zero-order valence-corrected chi connectivity index (χ0v) is 11.9. The second-order valence-electron chi connectivity index (χ2n) is 3.65. The second-order valence-corrected chi connectivity index (χ2v) is 4.81. The fraction of sp³-hybridized carbons (Fsp3) is 0.364. The summed E-state index contributed by atoms with van der Waals surface area (Å²) in [5.41, 5.74) is -2.40. The van der Waals surface area contributed by atoms with Gasteiger partial charge in [-0.15, -0.1) is 0 Å². The highest BCUT2D eigenvalue weighted by Crippen LogP contribution is 2.31. The van der Waals surface area contributed by atoms with Gasteiger partial charge in [0.15, 0.2) is 0 Å². The molecule has 1 aromatic rings. The van der Waals surface area contributed by atoms with Gasteiger partial charge < -0.3 is 4.74 Å². The first-order valence-corrected chi connectivity index (χ1v) is 6.19. The molecule has 5 nitrogen and oxygen atoms in total. The SMILES string of the molecule is CCOC(=O)C(C)(F)c1ccc([N+](=O)[O-])c(I)c1. The molecule has 0 bridgehead atoms. The van der Waals surface area contributed by atoms with E-state index in [-0.39, 0.29) is 21.4 Å². The van der Waals surface area contributed by atoms with Gasteiger partial charge in [0.25, 0.3) is 5.69 Å². The molecule has 0 aromatic heterocycles. The van der Waals surface area contributed by atoms with Crippen LogP contribution in [-0.4, -0.2) is 17.5 Å². The summed E-state index contributed by atoms with van der Waals surface area (Å²) in [7, 11) is 0. The van der Waals surface area contributed by atoms with Gasteiger partial charge >= 0.3 is 5.97 Å². The van der Waals surface area contributed by atoms with Crippen molar-refractivity contribution in [3.63, 3.8) is 0 Å². The lowest BCUT2D eigenvalue weighted by molar-refractivity contribution is -0.385.